The van der Waals surface area contributed by atoms with E-state index in [9.17, 15) is 0 Å². The van der Waals surface area contributed by atoms with Gasteiger partial charge in [0.2, 0.25) is 0 Å². The van der Waals surface area contributed by atoms with Gasteiger partial charge in [0.15, 0.2) is 8.07 Å². The smallest absolute Gasteiger partial charge is 0.180 e. The Morgan fingerprint density at radius 1 is 0.333 bits per heavy atom. The Kier molecular flexibility index (Phi) is 5.20. The number of fused-ring (bicyclic) bond motifs is 16. The summed E-state index contributed by atoms with van der Waals surface area (Å²) in [5.74, 6) is 0. The third-order valence-corrected chi connectivity index (χ3v) is 15.8. The van der Waals surface area contributed by atoms with E-state index in [1.54, 1.807) is 0 Å². The summed E-state index contributed by atoms with van der Waals surface area (Å²) in [6.45, 7) is 0. The van der Waals surface area contributed by atoms with E-state index in [0.29, 0.717) is 0 Å². The fourth-order valence-corrected chi connectivity index (χ4v) is 14.2. The molecule has 0 N–H and O–H groups in total. The molecule has 2 heterocycles. The maximum absolute atomic E-state index is 7.17. The van der Waals surface area contributed by atoms with Gasteiger partial charge in [-0.15, -0.1) is 0 Å². The van der Waals surface area contributed by atoms with Crippen molar-refractivity contribution < 1.29 is 4.42 Å². The molecule has 0 bridgehead atoms. The van der Waals surface area contributed by atoms with Crippen LogP contribution in [0.15, 0.2) is 174 Å². The maximum Gasteiger partial charge on any atom is 0.180 e. The molecule has 0 radical (unpaired) electrons. The van der Waals surface area contributed by atoms with Crippen molar-refractivity contribution in [2.75, 3.05) is 0 Å². The largest absolute Gasteiger partial charge is 0.455 e. The lowest BCUT2D eigenvalue weighted by Crippen LogP contribution is -2.72. The Labute approximate surface area is 278 Å². The van der Waals surface area contributed by atoms with Crippen molar-refractivity contribution in [3.05, 3.63) is 170 Å². The molecule has 1 aliphatic rings. The van der Waals surface area contributed by atoms with Crippen LogP contribution in [0.3, 0.4) is 0 Å². The minimum atomic E-state index is -2.65. The highest BCUT2D eigenvalue weighted by molar-refractivity contribution is 7.22. The lowest BCUT2D eigenvalue weighted by Gasteiger charge is -2.31. The zero-order valence-electron chi connectivity index (χ0n) is 26.1. The van der Waals surface area contributed by atoms with Crippen LogP contribution >= 0.6 is 0 Å². The zero-order chi connectivity index (χ0) is 31.4. The zero-order valence-corrected chi connectivity index (χ0v) is 27.1. The van der Waals surface area contributed by atoms with Crippen molar-refractivity contribution in [1.82, 2.24) is 0 Å². The molecule has 0 atom stereocenters. The van der Waals surface area contributed by atoms with Gasteiger partial charge in [0.1, 0.15) is 11.2 Å². The molecule has 1 aromatic heterocycles. The summed E-state index contributed by atoms with van der Waals surface area (Å²) in [4.78, 5) is 0. The molecule has 222 valence electrons. The second-order valence-corrected chi connectivity index (χ2v) is 16.8. The maximum atomic E-state index is 7.17. The van der Waals surface area contributed by atoms with Crippen molar-refractivity contribution in [3.63, 3.8) is 0 Å². The van der Waals surface area contributed by atoms with Crippen LogP contribution in [0.2, 0.25) is 0 Å². The van der Waals surface area contributed by atoms with Crippen LogP contribution in [0.1, 0.15) is 0 Å². The van der Waals surface area contributed by atoms with Crippen LogP contribution in [0.25, 0.3) is 76.2 Å². The summed E-state index contributed by atoms with van der Waals surface area (Å²) in [7, 11) is -2.65. The van der Waals surface area contributed by atoms with Crippen LogP contribution < -0.4 is 20.7 Å². The monoisotopic (exact) mass is 624 g/mol. The lowest BCUT2D eigenvalue weighted by molar-refractivity contribution is 0.673. The van der Waals surface area contributed by atoms with E-state index in [0.717, 1.165) is 11.2 Å². The van der Waals surface area contributed by atoms with Gasteiger partial charge in [0, 0.05) is 21.5 Å². The first kappa shape index (κ1) is 26.1. The van der Waals surface area contributed by atoms with Gasteiger partial charge in [-0.1, -0.05) is 158 Å². The van der Waals surface area contributed by atoms with Crippen molar-refractivity contribution >= 4 is 93.8 Å². The quantitative estimate of drug-likeness (QED) is 0.138. The third kappa shape index (κ3) is 3.20. The molecule has 0 amide bonds. The first-order valence-corrected chi connectivity index (χ1v) is 18.7. The van der Waals surface area contributed by atoms with E-state index in [1.165, 1.54) is 85.7 Å². The van der Waals surface area contributed by atoms with Gasteiger partial charge in [-0.25, -0.2) is 0 Å². The van der Waals surface area contributed by atoms with Gasteiger partial charge in [0.05, 0.1) is 0 Å². The highest BCUT2D eigenvalue weighted by atomic mass is 28.3. The van der Waals surface area contributed by atoms with E-state index < -0.39 is 8.07 Å². The molecular formula is C46H28OSi. The average Bonchev–Trinajstić information content (AvgIpc) is 3.68. The van der Waals surface area contributed by atoms with Crippen LogP contribution in [0, 0.1) is 0 Å². The summed E-state index contributed by atoms with van der Waals surface area (Å²) in [5.41, 5.74) is 4.53. The van der Waals surface area contributed by atoms with Gasteiger partial charge < -0.3 is 4.42 Å². The van der Waals surface area contributed by atoms with E-state index >= 15 is 0 Å². The molecule has 11 rings (SSSR count). The van der Waals surface area contributed by atoms with E-state index in [1.807, 2.05) is 0 Å². The summed E-state index contributed by atoms with van der Waals surface area (Å²) < 4.78 is 7.17. The van der Waals surface area contributed by atoms with Crippen LogP contribution in [0.5, 0.6) is 0 Å². The Balaban J connectivity index is 1.38. The molecule has 0 fully saturated rings. The fourth-order valence-electron chi connectivity index (χ4n) is 9.05. The molecule has 48 heavy (non-hydrogen) atoms. The Bertz CT molecular complexity index is 2900. The first-order valence-electron chi connectivity index (χ1n) is 16.7. The number of hydrogen-bond donors (Lipinski definition) is 0. The second-order valence-electron chi connectivity index (χ2n) is 13.1. The minimum absolute atomic E-state index is 0.944. The summed E-state index contributed by atoms with van der Waals surface area (Å²) in [5, 5.41) is 18.1. The Morgan fingerprint density at radius 3 is 1.44 bits per heavy atom. The summed E-state index contributed by atoms with van der Waals surface area (Å²) >= 11 is 0. The number of benzene rings is 9. The highest BCUT2D eigenvalue weighted by Crippen LogP contribution is 2.47. The molecule has 1 nitrogen and oxygen atoms in total. The lowest BCUT2D eigenvalue weighted by atomic mass is 9.89. The average molecular weight is 625 g/mol. The van der Waals surface area contributed by atoms with Crippen molar-refractivity contribution in [2.24, 2.45) is 0 Å². The van der Waals surface area contributed by atoms with Gasteiger partial charge in [-0.2, -0.15) is 0 Å². The fraction of sp³-hybridized carbons (Fsp3) is 0. The molecular weight excluding hydrogens is 597 g/mol. The van der Waals surface area contributed by atoms with E-state index in [-0.39, 0.29) is 0 Å². The number of rotatable bonds is 2. The molecule has 0 saturated heterocycles. The number of hydrogen-bond acceptors (Lipinski definition) is 1. The molecule has 0 unspecified atom stereocenters. The van der Waals surface area contributed by atoms with Crippen LogP contribution in [-0.4, -0.2) is 8.07 Å². The standard InChI is InChI=1S/C46H28OSi/c1-3-15-29(16-4-1)48(30-17-5-2-6-18-30)41-26-14-13-21-33(41)38-27-40-39(28-42(38)48)44-37-25-12-11-24-36(37)43-34-22-9-7-19-31(34)32-20-8-10-23-35(32)45(43)46(44)47-40/h1-28H. The van der Waals surface area contributed by atoms with Crippen molar-refractivity contribution in [3.8, 4) is 11.1 Å². The molecule has 0 aliphatic carbocycles. The van der Waals surface area contributed by atoms with Gasteiger partial charge in [0.25, 0.3) is 0 Å². The van der Waals surface area contributed by atoms with Gasteiger partial charge in [-0.3, -0.25) is 0 Å². The van der Waals surface area contributed by atoms with Gasteiger partial charge >= 0.3 is 0 Å². The summed E-state index contributed by atoms with van der Waals surface area (Å²) in [6.07, 6.45) is 0. The van der Waals surface area contributed by atoms with E-state index in [4.69, 9.17) is 4.42 Å². The predicted molar refractivity (Wildman–Crippen MR) is 206 cm³/mol. The Morgan fingerprint density at radius 2 is 0.812 bits per heavy atom. The highest BCUT2D eigenvalue weighted by Gasteiger charge is 2.49. The van der Waals surface area contributed by atoms with Crippen LogP contribution in [-0.2, 0) is 0 Å². The topological polar surface area (TPSA) is 13.1 Å². The normalized spacial score (nSPS) is 13.6. The van der Waals surface area contributed by atoms with Crippen molar-refractivity contribution in [2.45, 2.75) is 0 Å². The SMILES string of the molecule is c1ccc([Si]2(c3ccccc3)c3ccccc3-c3cc4oc5c(c4cc32)c2ccccc2c2c3ccccc3c3ccccc3c52)cc1. The molecule has 0 spiro atoms. The predicted octanol–water partition coefficient (Wildman–Crippen LogP) is 9.56. The molecule has 0 saturated carbocycles. The third-order valence-electron chi connectivity index (χ3n) is 10.9. The Hall–Kier alpha value is -5.96. The molecule has 2 heteroatoms. The molecule has 10 aromatic rings. The van der Waals surface area contributed by atoms with Crippen molar-refractivity contribution in [1.29, 1.82) is 0 Å². The summed E-state index contributed by atoms with van der Waals surface area (Å²) in [6, 6.07) is 63.1. The number of furan rings is 1. The second kappa shape index (κ2) is 9.54. The van der Waals surface area contributed by atoms with Gasteiger partial charge in [-0.05, 0) is 76.3 Å². The minimum Gasteiger partial charge on any atom is -0.455 e. The molecule has 1 aliphatic heterocycles. The van der Waals surface area contributed by atoms with E-state index in [2.05, 4.69) is 170 Å². The first-order chi connectivity index (χ1) is 23.8. The molecule has 9 aromatic carbocycles. The van der Waals surface area contributed by atoms with Crippen LogP contribution in [0.4, 0.5) is 0 Å².